The monoisotopic (exact) mass is 305 g/mol. The molecule has 0 unspecified atom stereocenters. The summed E-state index contributed by atoms with van der Waals surface area (Å²) >= 11 is 0. The number of hydrogen-bond donors (Lipinski definition) is 1. The van der Waals surface area contributed by atoms with Crippen LogP contribution < -0.4 is 10.9 Å². The molecule has 0 aliphatic carbocycles. The molecule has 2 saturated heterocycles. The molecule has 22 heavy (non-hydrogen) atoms. The van der Waals surface area contributed by atoms with Gasteiger partial charge in [0.25, 0.3) is 11.5 Å². The molecule has 2 atom stereocenters. The second-order valence-electron chi connectivity index (χ2n) is 6.18. The van der Waals surface area contributed by atoms with Crippen molar-refractivity contribution in [3.8, 4) is 0 Å². The van der Waals surface area contributed by atoms with Crippen molar-refractivity contribution < 1.29 is 9.53 Å². The standard InChI is InChI=1S/C16H23N3O3/c1-11-5-6-12(16(21)18(11)2)15(20)17-13-9-22-10-14(13)19-7-3-4-8-19/h5-6,13-14H,3-4,7-10H2,1-2H3,(H,17,20)/t13-,14-/m0/s1. The van der Waals surface area contributed by atoms with Crippen LogP contribution in [0.4, 0.5) is 0 Å². The molecule has 120 valence electrons. The zero-order chi connectivity index (χ0) is 15.7. The molecule has 0 spiro atoms. The number of aryl methyl sites for hydroxylation is 1. The van der Waals surface area contributed by atoms with Crippen LogP contribution in [0.2, 0.25) is 0 Å². The Labute approximate surface area is 130 Å². The van der Waals surface area contributed by atoms with E-state index in [1.54, 1.807) is 19.2 Å². The predicted octanol–water partition coefficient (Wildman–Crippen LogP) is 0.287. The minimum absolute atomic E-state index is 0.0448. The summed E-state index contributed by atoms with van der Waals surface area (Å²) in [7, 11) is 1.68. The predicted molar refractivity (Wildman–Crippen MR) is 83.1 cm³/mol. The van der Waals surface area contributed by atoms with Gasteiger partial charge in [-0.3, -0.25) is 14.5 Å². The van der Waals surface area contributed by atoms with Crippen molar-refractivity contribution in [3.63, 3.8) is 0 Å². The average Bonchev–Trinajstić information content (AvgIpc) is 3.15. The van der Waals surface area contributed by atoms with Gasteiger partial charge in [0.05, 0.1) is 25.3 Å². The third kappa shape index (κ3) is 2.80. The van der Waals surface area contributed by atoms with Crippen LogP contribution in [0.5, 0.6) is 0 Å². The van der Waals surface area contributed by atoms with Gasteiger partial charge in [-0.15, -0.1) is 0 Å². The Morgan fingerprint density at radius 1 is 1.27 bits per heavy atom. The van der Waals surface area contributed by atoms with E-state index in [0.29, 0.717) is 13.2 Å². The van der Waals surface area contributed by atoms with Gasteiger partial charge in [0.15, 0.2) is 0 Å². The molecule has 1 aromatic rings. The zero-order valence-electron chi connectivity index (χ0n) is 13.2. The highest BCUT2D eigenvalue weighted by atomic mass is 16.5. The summed E-state index contributed by atoms with van der Waals surface area (Å²) in [5.41, 5.74) is 0.773. The maximum Gasteiger partial charge on any atom is 0.263 e. The van der Waals surface area contributed by atoms with Gasteiger partial charge >= 0.3 is 0 Å². The van der Waals surface area contributed by atoms with E-state index in [0.717, 1.165) is 18.8 Å². The number of carbonyl (C=O) groups is 1. The Morgan fingerprint density at radius 3 is 2.73 bits per heavy atom. The third-order valence-corrected chi connectivity index (χ3v) is 4.78. The largest absolute Gasteiger partial charge is 0.378 e. The molecule has 2 aliphatic rings. The first kappa shape index (κ1) is 15.2. The topological polar surface area (TPSA) is 63.6 Å². The number of nitrogens with one attached hydrogen (secondary N) is 1. The molecule has 0 saturated carbocycles. The van der Waals surface area contributed by atoms with E-state index in [1.807, 2.05) is 6.92 Å². The van der Waals surface area contributed by atoms with E-state index < -0.39 is 0 Å². The lowest BCUT2D eigenvalue weighted by Crippen LogP contribution is -2.51. The molecule has 3 rings (SSSR count). The van der Waals surface area contributed by atoms with Gasteiger partial charge in [-0.05, 0) is 45.0 Å². The fourth-order valence-corrected chi connectivity index (χ4v) is 3.26. The van der Waals surface area contributed by atoms with E-state index >= 15 is 0 Å². The molecule has 1 amide bonds. The summed E-state index contributed by atoms with van der Waals surface area (Å²) in [5.74, 6) is -0.305. The first-order chi connectivity index (χ1) is 10.6. The lowest BCUT2D eigenvalue weighted by Gasteiger charge is -2.27. The second kappa shape index (κ2) is 6.22. The van der Waals surface area contributed by atoms with Gasteiger partial charge in [-0.2, -0.15) is 0 Å². The Hall–Kier alpha value is -1.66. The van der Waals surface area contributed by atoms with E-state index in [1.165, 1.54) is 17.4 Å². The minimum atomic E-state index is -0.305. The molecule has 1 N–H and O–H groups in total. The van der Waals surface area contributed by atoms with E-state index in [2.05, 4.69) is 10.2 Å². The molecule has 1 aromatic heterocycles. The Morgan fingerprint density at radius 2 is 2.00 bits per heavy atom. The molecule has 2 aliphatic heterocycles. The fourth-order valence-electron chi connectivity index (χ4n) is 3.26. The van der Waals surface area contributed by atoms with Crippen molar-refractivity contribution in [1.82, 2.24) is 14.8 Å². The maximum atomic E-state index is 12.4. The number of ether oxygens (including phenoxy) is 1. The molecule has 0 radical (unpaired) electrons. The molecule has 0 bridgehead atoms. The van der Waals surface area contributed by atoms with Gasteiger partial charge in [0.2, 0.25) is 0 Å². The highest BCUT2D eigenvalue weighted by molar-refractivity contribution is 5.94. The SMILES string of the molecule is Cc1ccc(C(=O)N[C@H]2COC[C@@H]2N2CCCC2)c(=O)n1C. The summed E-state index contributed by atoms with van der Waals surface area (Å²) in [4.78, 5) is 27.0. The Bertz CT molecular complexity index is 620. The van der Waals surface area contributed by atoms with Crippen molar-refractivity contribution >= 4 is 5.91 Å². The van der Waals surface area contributed by atoms with Gasteiger partial charge in [0, 0.05) is 12.7 Å². The van der Waals surface area contributed by atoms with E-state index in [-0.39, 0.29) is 29.1 Å². The molecular formula is C16H23N3O3. The van der Waals surface area contributed by atoms with Crippen molar-refractivity contribution in [2.45, 2.75) is 31.8 Å². The third-order valence-electron chi connectivity index (χ3n) is 4.78. The highest BCUT2D eigenvalue weighted by Crippen LogP contribution is 2.19. The molecule has 2 fully saturated rings. The van der Waals surface area contributed by atoms with Crippen molar-refractivity contribution in [1.29, 1.82) is 0 Å². The Kier molecular flexibility index (Phi) is 4.31. The van der Waals surface area contributed by atoms with Crippen LogP contribution >= 0.6 is 0 Å². The number of nitrogens with zero attached hydrogens (tertiary/aromatic N) is 2. The summed E-state index contributed by atoms with van der Waals surface area (Å²) in [6, 6.07) is 3.57. The van der Waals surface area contributed by atoms with Gasteiger partial charge < -0.3 is 14.6 Å². The summed E-state index contributed by atoms with van der Waals surface area (Å²) in [6.07, 6.45) is 2.41. The highest BCUT2D eigenvalue weighted by Gasteiger charge is 2.35. The van der Waals surface area contributed by atoms with Crippen molar-refractivity contribution in [3.05, 3.63) is 33.7 Å². The van der Waals surface area contributed by atoms with Crippen LogP contribution in [0.25, 0.3) is 0 Å². The van der Waals surface area contributed by atoms with Crippen molar-refractivity contribution in [2.24, 2.45) is 7.05 Å². The first-order valence-corrected chi connectivity index (χ1v) is 7.87. The zero-order valence-corrected chi connectivity index (χ0v) is 13.2. The summed E-state index contributed by atoms with van der Waals surface area (Å²) in [5, 5.41) is 2.99. The lowest BCUT2D eigenvalue weighted by molar-refractivity contribution is 0.0914. The minimum Gasteiger partial charge on any atom is -0.378 e. The Balaban J connectivity index is 1.73. The number of aromatic nitrogens is 1. The van der Waals surface area contributed by atoms with Crippen LogP contribution in [-0.4, -0.2) is 53.8 Å². The van der Waals surface area contributed by atoms with Crippen LogP contribution in [0.3, 0.4) is 0 Å². The smallest absolute Gasteiger partial charge is 0.263 e. The first-order valence-electron chi connectivity index (χ1n) is 7.87. The fraction of sp³-hybridized carbons (Fsp3) is 0.625. The van der Waals surface area contributed by atoms with Gasteiger partial charge in [-0.1, -0.05) is 0 Å². The lowest BCUT2D eigenvalue weighted by atomic mass is 10.1. The number of hydrogen-bond acceptors (Lipinski definition) is 4. The molecule has 0 aromatic carbocycles. The molecule has 3 heterocycles. The number of likely N-dealkylation sites (tertiary alicyclic amines) is 1. The number of rotatable bonds is 3. The van der Waals surface area contributed by atoms with Crippen LogP contribution in [-0.2, 0) is 11.8 Å². The quantitative estimate of drug-likeness (QED) is 0.872. The van der Waals surface area contributed by atoms with E-state index in [9.17, 15) is 9.59 Å². The number of amides is 1. The average molecular weight is 305 g/mol. The summed E-state index contributed by atoms with van der Waals surface area (Å²) < 4.78 is 7.05. The second-order valence-corrected chi connectivity index (χ2v) is 6.18. The maximum absolute atomic E-state index is 12.4. The van der Waals surface area contributed by atoms with Crippen LogP contribution in [0.15, 0.2) is 16.9 Å². The van der Waals surface area contributed by atoms with Gasteiger partial charge in [0.1, 0.15) is 5.56 Å². The number of pyridine rings is 1. The molecular weight excluding hydrogens is 282 g/mol. The van der Waals surface area contributed by atoms with Gasteiger partial charge in [-0.25, -0.2) is 0 Å². The van der Waals surface area contributed by atoms with Crippen LogP contribution in [0, 0.1) is 6.92 Å². The van der Waals surface area contributed by atoms with Crippen molar-refractivity contribution in [2.75, 3.05) is 26.3 Å². The molecule has 6 nitrogen and oxygen atoms in total. The van der Waals surface area contributed by atoms with E-state index in [4.69, 9.17) is 4.74 Å². The number of carbonyl (C=O) groups excluding carboxylic acids is 1. The van der Waals surface area contributed by atoms with Crippen LogP contribution in [0.1, 0.15) is 28.9 Å². The normalized spacial score (nSPS) is 25.5. The summed E-state index contributed by atoms with van der Waals surface area (Å²) in [6.45, 7) is 5.13. The molecule has 6 heteroatoms.